The zero-order chi connectivity index (χ0) is 23.2. The van der Waals surface area contributed by atoms with Gasteiger partial charge in [-0.1, -0.05) is 35.9 Å². The predicted octanol–water partition coefficient (Wildman–Crippen LogP) is 1.69. The Balaban J connectivity index is 0.000001000. The van der Waals surface area contributed by atoms with Crippen molar-refractivity contribution in [1.29, 1.82) is 0 Å². The molecule has 168 valence electrons. The van der Waals surface area contributed by atoms with Crippen molar-refractivity contribution < 1.29 is 28.7 Å². The fourth-order valence-electron chi connectivity index (χ4n) is 2.04. The van der Waals surface area contributed by atoms with Gasteiger partial charge in [0, 0.05) is 13.5 Å². The van der Waals surface area contributed by atoms with Crippen molar-refractivity contribution in [2.24, 2.45) is 0 Å². The number of carbonyl (C=O) groups is 4. The lowest BCUT2D eigenvalue weighted by molar-refractivity contribution is -0.145. The summed E-state index contributed by atoms with van der Waals surface area (Å²) in [5, 5.41) is 7.09. The Morgan fingerprint density at radius 1 is 1.03 bits per heavy atom. The molecule has 0 aliphatic heterocycles. The van der Waals surface area contributed by atoms with E-state index in [0.29, 0.717) is 0 Å². The summed E-state index contributed by atoms with van der Waals surface area (Å²) in [5.41, 5.74) is 0.644. The van der Waals surface area contributed by atoms with Gasteiger partial charge in [-0.05, 0) is 34.1 Å². The van der Waals surface area contributed by atoms with E-state index in [9.17, 15) is 19.2 Å². The van der Waals surface area contributed by atoms with Gasteiger partial charge in [-0.15, -0.1) is 0 Å². The zero-order valence-electron chi connectivity index (χ0n) is 18.5. The van der Waals surface area contributed by atoms with Gasteiger partial charge in [0.1, 0.15) is 18.2 Å². The van der Waals surface area contributed by atoms with Gasteiger partial charge in [0.15, 0.2) is 0 Å². The summed E-state index contributed by atoms with van der Waals surface area (Å²) in [6.07, 6.45) is -0.603. The SMILES string of the molecule is CNC(=O)CCC(NC(=O)CNC(=O)OC(C)(C)C)C(=O)OC.Cc1ccccc1. The molecule has 9 nitrogen and oxygen atoms in total. The van der Waals surface area contributed by atoms with Crippen molar-refractivity contribution >= 4 is 23.9 Å². The molecule has 1 aromatic carbocycles. The summed E-state index contributed by atoms with van der Waals surface area (Å²) in [4.78, 5) is 46.0. The van der Waals surface area contributed by atoms with Crippen LogP contribution in [0, 0.1) is 6.92 Å². The number of amides is 3. The first kappa shape index (κ1) is 26.9. The van der Waals surface area contributed by atoms with E-state index in [1.54, 1.807) is 20.8 Å². The fourth-order valence-corrected chi connectivity index (χ4v) is 2.04. The fraction of sp³-hybridized carbons (Fsp3) is 0.524. The molecule has 0 fully saturated rings. The molecule has 0 bridgehead atoms. The first-order valence-corrected chi connectivity index (χ1v) is 9.54. The van der Waals surface area contributed by atoms with E-state index in [1.807, 2.05) is 18.2 Å². The molecule has 0 heterocycles. The number of hydrogen-bond acceptors (Lipinski definition) is 6. The second-order valence-corrected chi connectivity index (χ2v) is 7.37. The van der Waals surface area contributed by atoms with Gasteiger partial charge in [0.2, 0.25) is 11.8 Å². The van der Waals surface area contributed by atoms with Crippen molar-refractivity contribution in [3.8, 4) is 0 Å². The van der Waals surface area contributed by atoms with Crippen molar-refractivity contribution in [2.45, 2.75) is 52.2 Å². The smallest absolute Gasteiger partial charge is 0.408 e. The molecule has 0 aliphatic carbocycles. The lowest BCUT2D eigenvalue weighted by Gasteiger charge is -2.20. The van der Waals surface area contributed by atoms with Crippen LogP contribution in [-0.4, -0.2) is 56.2 Å². The molecular formula is C21H33N3O6. The van der Waals surface area contributed by atoms with Crippen molar-refractivity contribution in [1.82, 2.24) is 16.0 Å². The quantitative estimate of drug-likeness (QED) is 0.574. The summed E-state index contributed by atoms with van der Waals surface area (Å²) in [5.74, 6) is -1.53. The first-order valence-electron chi connectivity index (χ1n) is 9.54. The highest BCUT2D eigenvalue weighted by atomic mass is 16.6. The van der Waals surface area contributed by atoms with E-state index in [4.69, 9.17) is 4.74 Å². The highest BCUT2D eigenvalue weighted by Gasteiger charge is 2.23. The highest BCUT2D eigenvalue weighted by molar-refractivity contribution is 5.87. The molecule has 3 amide bonds. The Hall–Kier alpha value is -3.10. The number of alkyl carbamates (subject to hydrolysis) is 1. The number of nitrogens with one attached hydrogen (secondary N) is 3. The monoisotopic (exact) mass is 423 g/mol. The first-order chi connectivity index (χ1) is 14.0. The van der Waals surface area contributed by atoms with Crippen LogP contribution >= 0.6 is 0 Å². The third-order valence-corrected chi connectivity index (χ3v) is 3.49. The molecule has 1 aromatic rings. The van der Waals surface area contributed by atoms with Crippen LogP contribution in [0.25, 0.3) is 0 Å². The van der Waals surface area contributed by atoms with Crippen molar-refractivity contribution in [3.63, 3.8) is 0 Å². The largest absolute Gasteiger partial charge is 0.467 e. The molecule has 0 aromatic heterocycles. The minimum absolute atomic E-state index is 0.0516. The topological polar surface area (TPSA) is 123 Å². The molecule has 1 unspecified atom stereocenters. The molecule has 0 aliphatic rings. The normalized spacial score (nSPS) is 11.1. The van der Waals surface area contributed by atoms with E-state index in [-0.39, 0.29) is 25.3 Å². The third-order valence-electron chi connectivity index (χ3n) is 3.49. The van der Waals surface area contributed by atoms with Crippen LogP contribution in [0.4, 0.5) is 4.79 Å². The van der Waals surface area contributed by atoms with Crippen LogP contribution in [0.5, 0.6) is 0 Å². The number of methoxy groups -OCH3 is 1. The number of aryl methyl sites for hydroxylation is 1. The molecule has 0 spiro atoms. The maximum Gasteiger partial charge on any atom is 0.408 e. The van der Waals surface area contributed by atoms with E-state index in [2.05, 4.69) is 39.7 Å². The summed E-state index contributed by atoms with van der Waals surface area (Å²) >= 11 is 0. The molecule has 1 atom stereocenters. The Morgan fingerprint density at radius 3 is 2.07 bits per heavy atom. The van der Waals surface area contributed by atoms with Gasteiger partial charge >= 0.3 is 12.1 Å². The third kappa shape index (κ3) is 14.0. The van der Waals surface area contributed by atoms with Gasteiger partial charge in [0.05, 0.1) is 7.11 Å². The van der Waals surface area contributed by atoms with Crippen LogP contribution in [0.2, 0.25) is 0 Å². The van der Waals surface area contributed by atoms with Gasteiger partial charge in [0.25, 0.3) is 0 Å². The van der Waals surface area contributed by atoms with Crippen LogP contribution in [0.15, 0.2) is 30.3 Å². The Labute approximate surface area is 177 Å². The van der Waals surface area contributed by atoms with Crippen molar-refractivity contribution in [3.05, 3.63) is 35.9 Å². The number of esters is 1. The predicted molar refractivity (Wildman–Crippen MR) is 113 cm³/mol. The van der Waals surface area contributed by atoms with E-state index in [1.165, 1.54) is 19.7 Å². The Morgan fingerprint density at radius 2 is 1.63 bits per heavy atom. The molecule has 1 rings (SSSR count). The average molecular weight is 424 g/mol. The maximum absolute atomic E-state index is 11.8. The Kier molecular flexibility index (Phi) is 12.5. The molecule has 0 saturated carbocycles. The summed E-state index contributed by atoms with van der Waals surface area (Å²) < 4.78 is 9.55. The van der Waals surface area contributed by atoms with E-state index in [0.717, 1.165) is 0 Å². The van der Waals surface area contributed by atoms with Crippen LogP contribution in [-0.2, 0) is 23.9 Å². The molecule has 9 heteroatoms. The highest BCUT2D eigenvalue weighted by Crippen LogP contribution is 2.06. The number of benzene rings is 1. The summed E-state index contributed by atoms with van der Waals surface area (Å²) in [6, 6.07) is 9.29. The lowest BCUT2D eigenvalue weighted by atomic mass is 10.1. The molecule has 3 N–H and O–H groups in total. The number of carbonyl (C=O) groups excluding carboxylic acids is 4. The second kappa shape index (κ2) is 14.0. The summed E-state index contributed by atoms with van der Waals surface area (Å²) in [7, 11) is 2.65. The van der Waals surface area contributed by atoms with E-state index >= 15 is 0 Å². The Bertz CT molecular complexity index is 686. The lowest BCUT2D eigenvalue weighted by Crippen LogP contribution is -2.47. The van der Waals surface area contributed by atoms with Gasteiger partial charge in [-0.2, -0.15) is 0 Å². The molecule has 0 radical (unpaired) electrons. The van der Waals surface area contributed by atoms with Gasteiger partial charge < -0.3 is 25.4 Å². The van der Waals surface area contributed by atoms with Crippen LogP contribution in [0.3, 0.4) is 0 Å². The molecular weight excluding hydrogens is 390 g/mol. The van der Waals surface area contributed by atoms with Gasteiger partial charge in [-0.3, -0.25) is 9.59 Å². The number of rotatable bonds is 7. The molecule has 0 saturated heterocycles. The van der Waals surface area contributed by atoms with Gasteiger partial charge in [-0.25, -0.2) is 9.59 Å². The van der Waals surface area contributed by atoms with Crippen molar-refractivity contribution in [2.75, 3.05) is 20.7 Å². The minimum Gasteiger partial charge on any atom is -0.467 e. The van der Waals surface area contributed by atoms with Crippen LogP contribution < -0.4 is 16.0 Å². The molecule has 30 heavy (non-hydrogen) atoms. The zero-order valence-corrected chi connectivity index (χ0v) is 18.5. The second-order valence-electron chi connectivity index (χ2n) is 7.37. The standard InChI is InChI=1S/C14H25N3O6.C7H8/c1-14(2,3)23-13(21)16-8-11(19)17-9(12(20)22-5)6-7-10(18)15-4;1-7-5-3-2-4-6-7/h9H,6-8H2,1-5H3,(H,15,18)(H,16,21)(H,17,19);2-6H,1H3. The summed E-state index contributed by atoms with van der Waals surface area (Å²) in [6.45, 7) is 6.80. The minimum atomic E-state index is -0.967. The average Bonchev–Trinajstić information content (AvgIpc) is 2.68. The number of ether oxygens (including phenoxy) is 2. The van der Waals surface area contributed by atoms with E-state index < -0.39 is 29.6 Å². The maximum atomic E-state index is 11.8. The number of hydrogen-bond donors (Lipinski definition) is 3. The van der Waals surface area contributed by atoms with Crippen LogP contribution in [0.1, 0.15) is 39.2 Å².